The number of rotatable bonds is 9. The summed E-state index contributed by atoms with van der Waals surface area (Å²) in [5, 5.41) is 9.78. The van der Waals surface area contributed by atoms with Crippen molar-refractivity contribution in [2.24, 2.45) is 0 Å². The molecule has 32 heavy (non-hydrogen) atoms. The average molecular weight is 431 g/mol. The fourth-order valence-electron chi connectivity index (χ4n) is 3.67. The monoisotopic (exact) mass is 430 g/mol. The van der Waals surface area contributed by atoms with Gasteiger partial charge in [0.25, 0.3) is 0 Å². The zero-order valence-electron chi connectivity index (χ0n) is 18.2. The summed E-state index contributed by atoms with van der Waals surface area (Å²) < 4.78 is 13.4. The minimum atomic E-state index is -1.05. The van der Waals surface area contributed by atoms with Crippen molar-refractivity contribution >= 4 is 5.97 Å². The van der Waals surface area contributed by atoms with Gasteiger partial charge >= 0.3 is 5.97 Å². The third-order valence-electron chi connectivity index (χ3n) is 5.63. The largest absolute Gasteiger partial charge is 0.493 e. The van der Waals surface area contributed by atoms with E-state index >= 15 is 0 Å². The van der Waals surface area contributed by atoms with Gasteiger partial charge in [0, 0.05) is 30.8 Å². The molecule has 0 aliphatic heterocycles. The van der Waals surface area contributed by atoms with Crippen LogP contribution >= 0.6 is 0 Å². The van der Waals surface area contributed by atoms with Gasteiger partial charge in [-0.2, -0.15) is 0 Å². The van der Waals surface area contributed by atoms with Crippen molar-refractivity contribution < 1.29 is 19.1 Å². The maximum atomic E-state index is 11.9. The van der Waals surface area contributed by atoms with E-state index in [0.29, 0.717) is 25.3 Å². The van der Waals surface area contributed by atoms with Gasteiger partial charge in [-0.05, 0) is 55.8 Å². The number of aliphatic carboxylic acids is 1. The number of carboxylic acids is 1. The molecular weight excluding hydrogens is 404 g/mol. The summed E-state index contributed by atoms with van der Waals surface area (Å²) in [6.07, 6.45) is 4.56. The molecule has 2 aromatic heterocycles. The van der Waals surface area contributed by atoms with E-state index < -0.39 is 11.5 Å². The number of aromatic nitrogens is 2. The van der Waals surface area contributed by atoms with Crippen LogP contribution in [-0.2, 0) is 23.2 Å². The van der Waals surface area contributed by atoms with Crippen molar-refractivity contribution in [2.45, 2.75) is 32.2 Å². The molecule has 1 N–H and O–H groups in total. The number of carboxylic acid groups (broad SMARTS) is 1. The van der Waals surface area contributed by atoms with Crippen LogP contribution in [0.5, 0.6) is 5.75 Å². The lowest BCUT2D eigenvalue weighted by molar-refractivity contribution is -0.146. The minimum absolute atomic E-state index is 0.373. The minimum Gasteiger partial charge on any atom is -0.493 e. The molecule has 0 saturated heterocycles. The van der Waals surface area contributed by atoms with Crippen LogP contribution in [0.4, 0.5) is 0 Å². The van der Waals surface area contributed by atoms with Crippen molar-refractivity contribution in [2.75, 3.05) is 6.61 Å². The van der Waals surface area contributed by atoms with E-state index in [1.54, 1.807) is 23.9 Å². The first-order valence-electron chi connectivity index (χ1n) is 10.6. The number of oxazole rings is 1. The van der Waals surface area contributed by atoms with Gasteiger partial charge in [0.2, 0.25) is 5.89 Å². The molecule has 0 unspecified atom stereocenters. The number of hydrogen-bond donors (Lipinski definition) is 1. The molecule has 2 heterocycles. The zero-order chi connectivity index (χ0) is 22.6. The van der Waals surface area contributed by atoms with Gasteiger partial charge in [-0.25, -0.2) is 9.78 Å². The maximum Gasteiger partial charge on any atom is 0.329 e. The van der Waals surface area contributed by atoms with E-state index in [1.807, 2.05) is 73.7 Å². The number of aryl methyl sites for hydroxylation is 1. The Morgan fingerprint density at radius 1 is 1.06 bits per heavy atom. The molecule has 2 aromatic carbocycles. The molecule has 164 valence electrons. The molecule has 1 atom stereocenters. The van der Waals surface area contributed by atoms with Crippen molar-refractivity contribution in [1.82, 2.24) is 9.55 Å². The Hall–Kier alpha value is -3.80. The van der Waals surface area contributed by atoms with Gasteiger partial charge in [0.15, 0.2) is 0 Å². The third-order valence-corrected chi connectivity index (χ3v) is 5.63. The second-order valence-corrected chi connectivity index (χ2v) is 7.98. The van der Waals surface area contributed by atoms with Crippen LogP contribution in [0.3, 0.4) is 0 Å². The van der Waals surface area contributed by atoms with E-state index in [0.717, 1.165) is 28.3 Å². The Bertz CT molecular complexity index is 1160. The van der Waals surface area contributed by atoms with Gasteiger partial charge in [-0.3, -0.25) is 0 Å². The molecule has 0 saturated carbocycles. The molecule has 4 aromatic rings. The molecule has 6 heteroatoms. The quantitative estimate of drug-likeness (QED) is 0.399. The van der Waals surface area contributed by atoms with Crippen molar-refractivity contribution in [3.63, 3.8) is 0 Å². The highest BCUT2D eigenvalue weighted by atomic mass is 16.5. The smallest absolute Gasteiger partial charge is 0.329 e. The lowest BCUT2D eigenvalue weighted by Crippen LogP contribution is -2.40. The molecule has 0 spiro atoms. The van der Waals surface area contributed by atoms with Crippen LogP contribution < -0.4 is 4.74 Å². The number of nitrogens with zero attached hydrogens (tertiary/aromatic N) is 2. The SMILES string of the molecule is Cc1oc(-c2ccccc2)nc1CCOc1ccc(C[C@](C)(C(=O)O)n2cccc2)cc1. The molecule has 4 rings (SSSR count). The Kier molecular flexibility index (Phi) is 6.12. The van der Waals surface area contributed by atoms with E-state index in [2.05, 4.69) is 4.98 Å². The Balaban J connectivity index is 1.36. The molecule has 6 nitrogen and oxygen atoms in total. The number of hydrogen-bond acceptors (Lipinski definition) is 4. The van der Waals surface area contributed by atoms with E-state index in [1.165, 1.54) is 0 Å². The summed E-state index contributed by atoms with van der Waals surface area (Å²) in [7, 11) is 0. The first-order chi connectivity index (χ1) is 15.5. The summed E-state index contributed by atoms with van der Waals surface area (Å²) in [5.41, 5.74) is 1.71. The van der Waals surface area contributed by atoms with E-state index in [9.17, 15) is 9.90 Å². The first-order valence-corrected chi connectivity index (χ1v) is 10.6. The van der Waals surface area contributed by atoms with Gasteiger partial charge in [0.05, 0.1) is 12.3 Å². The summed E-state index contributed by atoms with van der Waals surface area (Å²) in [6.45, 7) is 4.11. The molecule has 0 aliphatic rings. The fraction of sp³-hybridized carbons (Fsp3) is 0.231. The van der Waals surface area contributed by atoms with Crippen molar-refractivity contribution in [3.05, 3.63) is 96.1 Å². The number of carbonyl (C=O) groups is 1. The van der Waals surface area contributed by atoms with Crippen LogP contribution in [0.15, 0.2) is 83.5 Å². The first kappa shape index (κ1) is 21.4. The normalized spacial score (nSPS) is 12.9. The highest BCUT2D eigenvalue weighted by Gasteiger charge is 2.34. The lowest BCUT2D eigenvalue weighted by atomic mass is 9.92. The maximum absolute atomic E-state index is 11.9. The number of ether oxygens (including phenoxy) is 1. The van der Waals surface area contributed by atoms with Crippen molar-refractivity contribution in [1.29, 1.82) is 0 Å². The highest BCUT2D eigenvalue weighted by Crippen LogP contribution is 2.25. The summed E-state index contributed by atoms with van der Waals surface area (Å²) in [6, 6.07) is 21.0. The molecule has 0 bridgehead atoms. The van der Waals surface area contributed by atoms with Gasteiger partial charge in [-0.15, -0.1) is 0 Å². The Labute approximate surface area is 187 Å². The van der Waals surface area contributed by atoms with Crippen LogP contribution in [0.1, 0.15) is 23.9 Å². The topological polar surface area (TPSA) is 77.5 Å². The Morgan fingerprint density at radius 3 is 2.41 bits per heavy atom. The van der Waals surface area contributed by atoms with Crippen LogP contribution in [0, 0.1) is 6.92 Å². The lowest BCUT2D eigenvalue weighted by Gasteiger charge is -2.27. The van der Waals surface area contributed by atoms with Crippen LogP contribution in [0.2, 0.25) is 0 Å². The molecule has 0 amide bonds. The van der Waals surface area contributed by atoms with E-state index in [4.69, 9.17) is 9.15 Å². The van der Waals surface area contributed by atoms with E-state index in [-0.39, 0.29) is 0 Å². The number of benzene rings is 2. The van der Waals surface area contributed by atoms with Gasteiger partial charge in [0.1, 0.15) is 17.0 Å². The van der Waals surface area contributed by atoms with Crippen LogP contribution in [0.25, 0.3) is 11.5 Å². The second-order valence-electron chi connectivity index (χ2n) is 7.98. The predicted octanol–water partition coefficient (Wildman–Crippen LogP) is 5.12. The highest BCUT2D eigenvalue weighted by molar-refractivity contribution is 5.76. The molecular formula is C26H26N2O4. The molecule has 0 fully saturated rings. The fourth-order valence-corrected chi connectivity index (χ4v) is 3.67. The zero-order valence-corrected chi connectivity index (χ0v) is 18.2. The standard InChI is InChI=1S/C26H26N2O4/c1-19-23(27-24(32-19)21-8-4-3-5-9-21)14-17-31-22-12-10-20(11-13-22)18-26(2,25(29)30)28-15-6-7-16-28/h3-13,15-16H,14,17-18H2,1-2H3,(H,29,30)/t26-/m1/s1. The Morgan fingerprint density at radius 2 is 1.75 bits per heavy atom. The molecule has 0 radical (unpaired) electrons. The summed E-state index contributed by atoms with van der Waals surface area (Å²) in [5.74, 6) is 1.27. The second kappa shape index (κ2) is 9.14. The average Bonchev–Trinajstić information content (AvgIpc) is 3.46. The predicted molar refractivity (Wildman–Crippen MR) is 122 cm³/mol. The molecule has 0 aliphatic carbocycles. The third kappa shape index (κ3) is 4.59. The summed E-state index contributed by atoms with van der Waals surface area (Å²) >= 11 is 0. The van der Waals surface area contributed by atoms with Crippen molar-refractivity contribution in [3.8, 4) is 17.2 Å². The van der Waals surface area contributed by atoms with Crippen LogP contribution in [-0.4, -0.2) is 27.2 Å². The summed E-state index contributed by atoms with van der Waals surface area (Å²) in [4.78, 5) is 16.5. The van der Waals surface area contributed by atoms with Gasteiger partial charge < -0.3 is 18.8 Å². The van der Waals surface area contributed by atoms with Gasteiger partial charge in [-0.1, -0.05) is 30.3 Å².